The van der Waals surface area contributed by atoms with Crippen molar-refractivity contribution in [3.8, 4) is 5.75 Å². The first-order chi connectivity index (χ1) is 10.7. The summed E-state index contributed by atoms with van der Waals surface area (Å²) in [7, 11) is 0. The van der Waals surface area contributed by atoms with E-state index in [0.29, 0.717) is 11.7 Å². The Morgan fingerprint density at radius 3 is 2.91 bits per heavy atom. The zero-order valence-corrected chi connectivity index (χ0v) is 12.5. The van der Waals surface area contributed by atoms with Crippen LogP contribution < -0.4 is 10.1 Å². The molecule has 1 aliphatic carbocycles. The zero-order chi connectivity index (χ0) is 15.4. The van der Waals surface area contributed by atoms with Gasteiger partial charge in [0.05, 0.1) is 0 Å². The van der Waals surface area contributed by atoms with Crippen LogP contribution in [0.15, 0.2) is 30.3 Å². The van der Waals surface area contributed by atoms with Crippen LogP contribution in [0.5, 0.6) is 5.75 Å². The van der Waals surface area contributed by atoms with Gasteiger partial charge in [-0.3, -0.25) is 4.79 Å². The number of nitrogens with zero attached hydrogens (tertiary/aromatic N) is 4. The molecule has 0 radical (unpaired) electrons. The Bertz CT molecular complexity index is 628. The fraction of sp³-hybridized carbons (Fsp3) is 0.467. The molecule has 2 atom stereocenters. The van der Waals surface area contributed by atoms with E-state index in [-0.39, 0.29) is 19.1 Å². The number of aromatic nitrogens is 4. The normalized spacial score (nSPS) is 19.7. The van der Waals surface area contributed by atoms with Gasteiger partial charge in [0.25, 0.3) is 0 Å². The number of para-hydroxylation sites is 1. The Balaban J connectivity index is 1.43. The molecule has 116 valence electrons. The molecular formula is C15H19N5O2. The van der Waals surface area contributed by atoms with Gasteiger partial charge in [-0.25, -0.2) is 0 Å². The minimum atomic E-state index is -0.0907. The second-order valence-corrected chi connectivity index (χ2v) is 5.61. The third-order valence-electron chi connectivity index (χ3n) is 3.73. The van der Waals surface area contributed by atoms with Crippen molar-refractivity contribution in [2.45, 2.75) is 26.5 Å². The predicted molar refractivity (Wildman–Crippen MR) is 78.9 cm³/mol. The van der Waals surface area contributed by atoms with Gasteiger partial charge in [0.2, 0.25) is 11.7 Å². The Labute approximate surface area is 128 Å². The van der Waals surface area contributed by atoms with E-state index >= 15 is 0 Å². The molecule has 7 heteroatoms. The maximum Gasteiger partial charge on any atom is 0.243 e. The molecule has 2 aromatic rings. The van der Waals surface area contributed by atoms with Crippen LogP contribution in [0, 0.1) is 11.8 Å². The van der Waals surface area contributed by atoms with Crippen LogP contribution in [0.25, 0.3) is 0 Å². The largest absolute Gasteiger partial charge is 0.485 e. The molecule has 3 rings (SSSR count). The average molecular weight is 301 g/mol. The van der Waals surface area contributed by atoms with Crippen LogP contribution in [0.2, 0.25) is 0 Å². The zero-order valence-electron chi connectivity index (χ0n) is 12.5. The second kappa shape index (κ2) is 6.55. The number of hydrogen-bond donors (Lipinski definition) is 1. The molecule has 0 spiro atoms. The highest BCUT2D eigenvalue weighted by molar-refractivity contribution is 5.75. The summed E-state index contributed by atoms with van der Waals surface area (Å²) < 4.78 is 5.53. The van der Waals surface area contributed by atoms with Crippen LogP contribution >= 0.6 is 0 Å². The minimum absolute atomic E-state index is 0.0828. The van der Waals surface area contributed by atoms with E-state index in [9.17, 15) is 4.79 Å². The van der Waals surface area contributed by atoms with Gasteiger partial charge in [-0.15, -0.1) is 10.2 Å². The molecule has 22 heavy (non-hydrogen) atoms. The highest BCUT2D eigenvalue weighted by Crippen LogP contribution is 2.36. The average Bonchev–Trinajstić information content (AvgIpc) is 3.05. The van der Waals surface area contributed by atoms with Crippen molar-refractivity contribution < 1.29 is 9.53 Å². The lowest BCUT2D eigenvalue weighted by molar-refractivity contribution is -0.122. The van der Waals surface area contributed by atoms with Crippen molar-refractivity contribution in [1.29, 1.82) is 0 Å². The molecule has 0 saturated heterocycles. The molecule has 0 unspecified atom stereocenters. The number of carbonyl (C=O) groups is 1. The van der Waals surface area contributed by atoms with Crippen LogP contribution in [0.3, 0.4) is 0 Å². The van der Waals surface area contributed by atoms with Crippen molar-refractivity contribution in [1.82, 2.24) is 25.5 Å². The number of nitrogens with one attached hydrogen (secondary N) is 1. The summed E-state index contributed by atoms with van der Waals surface area (Å²) in [4.78, 5) is 13.1. The third-order valence-corrected chi connectivity index (χ3v) is 3.73. The van der Waals surface area contributed by atoms with Crippen molar-refractivity contribution in [3.63, 3.8) is 0 Å². The summed E-state index contributed by atoms with van der Waals surface area (Å²) in [6.45, 7) is 3.23. The summed E-state index contributed by atoms with van der Waals surface area (Å²) in [5.41, 5.74) is 0. The molecule has 1 amide bonds. The van der Waals surface area contributed by atoms with Crippen molar-refractivity contribution in [3.05, 3.63) is 36.2 Å². The molecule has 0 bridgehead atoms. The molecule has 1 aliphatic rings. The molecule has 7 nitrogen and oxygen atoms in total. The molecule has 1 N–H and O–H groups in total. The summed E-state index contributed by atoms with van der Waals surface area (Å²) in [5, 5.41) is 14.8. The first-order valence-corrected chi connectivity index (χ1v) is 7.42. The van der Waals surface area contributed by atoms with Gasteiger partial charge in [0.15, 0.2) is 6.61 Å². The maximum absolute atomic E-state index is 11.8. The lowest BCUT2D eigenvalue weighted by atomic mass is 10.3. The Hall–Kier alpha value is -2.44. The fourth-order valence-corrected chi connectivity index (χ4v) is 2.18. The molecule has 1 heterocycles. The minimum Gasteiger partial charge on any atom is -0.485 e. The number of carbonyl (C=O) groups excluding carboxylic acids is 1. The topological polar surface area (TPSA) is 81.9 Å². The summed E-state index contributed by atoms with van der Waals surface area (Å²) >= 11 is 0. The quantitative estimate of drug-likeness (QED) is 0.826. The van der Waals surface area contributed by atoms with Crippen molar-refractivity contribution in [2.75, 3.05) is 6.54 Å². The lowest BCUT2D eigenvalue weighted by Crippen LogP contribution is -2.30. The number of rotatable bonds is 7. The lowest BCUT2D eigenvalue weighted by Gasteiger charge is -2.03. The van der Waals surface area contributed by atoms with Crippen LogP contribution in [-0.2, 0) is 17.9 Å². The van der Waals surface area contributed by atoms with E-state index in [1.807, 2.05) is 30.3 Å². The van der Waals surface area contributed by atoms with E-state index in [1.165, 1.54) is 11.2 Å². The van der Waals surface area contributed by atoms with Gasteiger partial charge in [-0.2, -0.15) is 4.80 Å². The first kappa shape index (κ1) is 14.5. The van der Waals surface area contributed by atoms with Gasteiger partial charge in [-0.1, -0.05) is 25.1 Å². The van der Waals surface area contributed by atoms with Gasteiger partial charge in [-0.05, 0) is 35.6 Å². The predicted octanol–water partition coefficient (Wildman–Crippen LogP) is 1.02. The van der Waals surface area contributed by atoms with E-state index < -0.39 is 0 Å². The van der Waals surface area contributed by atoms with Gasteiger partial charge in [0.1, 0.15) is 12.3 Å². The van der Waals surface area contributed by atoms with Gasteiger partial charge >= 0.3 is 0 Å². The van der Waals surface area contributed by atoms with Crippen molar-refractivity contribution in [2.24, 2.45) is 11.8 Å². The van der Waals surface area contributed by atoms with Crippen LogP contribution in [0.4, 0.5) is 0 Å². The van der Waals surface area contributed by atoms with E-state index in [4.69, 9.17) is 4.74 Å². The highest BCUT2D eigenvalue weighted by atomic mass is 16.5. The first-order valence-electron chi connectivity index (χ1n) is 7.42. The maximum atomic E-state index is 11.8. The highest BCUT2D eigenvalue weighted by Gasteiger charge is 2.32. The number of tetrazole rings is 1. The van der Waals surface area contributed by atoms with Crippen molar-refractivity contribution >= 4 is 5.91 Å². The molecular weight excluding hydrogens is 282 g/mol. The van der Waals surface area contributed by atoms with E-state index in [1.54, 1.807) is 0 Å². The molecule has 1 fully saturated rings. The standard InChI is InChI=1S/C15H19N5O2/c1-11-7-12(11)8-16-15(21)9-20-18-14(17-19-20)10-22-13-5-3-2-4-6-13/h2-6,11-12H,7-10H2,1H3,(H,16,21)/t11-,12-/m1/s1. The molecule has 1 aromatic carbocycles. The fourth-order valence-electron chi connectivity index (χ4n) is 2.18. The Morgan fingerprint density at radius 1 is 1.41 bits per heavy atom. The number of ether oxygens (including phenoxy) is 1. The third kappa shape index (κ3) is 4.03. The number of hydrogen-bond acceptors (Lipinski definition) is 5. The van der Waals surface area contributed by atoms with Gasteiger partial charge < -0.3 is 10.1 Å². The monoisotopic (exact) mass is 301 g/mol. The Morgan fingerprint density at radius 2 is 2.18 bits per heavy atom. The second-order valence-electron chi connectivity index (χ2n) is 5.61. The van der Waals surface area contributed by atoms with Crippen LogP contribution in [-0.4, -0.2) is 32.7 Å². The SMILES string of the molecule is C[C@@H]1C[C@@H]1CNC(=O)Cn1nnc(COc2ccccc2)n1. The van der Waals surface area contributed by atoms with E-state index in [2.05, 4.69) is 27.7 Å². The molecule has 0 aliphatic heterocycles. The van der Waals surface area contributed by atoms with Crippen LogP contribution in [0.1, 0.15) is 19.2 Å². The van der Waals surface area contributed by atoms with E-state index in [0.717, 1.165) is 18.2 Å². The molecule has 1 aromatic heterocycles. The summed E-state index contributed by atoms with van der Waals surface area (Å²) in [6.07, 6.45) is 1.20. The molecule has 1 saturated carbocycles. The number of amides is 1. The summed E-state index contributed by atoms with van der Waals surface area (Å²) in [6, 6.07) is 9.42. The smallest absolute Gasteiger partial charge is 0.243 e. The van der Waals surface area contributed by atoms with Gasteiger partial charge in [0, 0.05) is 6.54 Å². The summed E-state index contributed by atoms with van der Waals surface area (Å²) in [5.74, 6) is 2.46. The number of benzene rings is 1. The Kier molecular flexibility index (Phi) is 4.32.